The van der Waals surface area contributed by atoms with Crippen LogP contribution >= 0.6 is 0 Å². The molecule has 1 N–H and O–H groups in total. The molecule has 2 heterocycles. The molecule has 27 heavy (non-hydrogen) atoms. The molecule has 0 aliphatic rings. The van der Waals surface area contributed by atoms with Gasteiger partial charge in [-0.3, -0.25) is 4.98 Å². The topological polar surface area (TPSA) is 106 Å². The van der Waals surface area contributed by atoms with Crippen molar-refractivity contribution >= 4 is 17.1 Å². The Morgan fingerprint density at radius 3 is 2.85 bits per heavy atom. The average Bonchev–Trinajstić information content (AvgIpc) is 3.15. The second-order valence-electron chi connectivity index (χ2n) is 6.17. The van der Waals surface area contributed by atoms with Crippen LogP contribution in [-0.2, 0) is 17.7 Å². The predicted octanol–water partition coefficient (Wildman–Crippen LogP) is 2.10. The molecular formula is C18H22N6O3. The van der Waals surface area contributed by atoms with E-state index < -0.39 is 6.04 Å². The quantitative estimate of drug-likeness (QED) is 0.679. The Balaban J connectivity index is 1.58. The van der Waals surface area contributed by atoms with Gasteiger partial charge in [0.05, 0.1) is 36.1 Å². The highest BCUT2D eigenvalue weighted by molar-refractivity contribution is 5.75. The molecule has 0 spiro atoms. The molecule has 2 amide bonds. The molecule has 1 aromatic carbocycles. The number of benzene rings is 1. The lowest BCUT2D eigenvalue weighted by molar-refractivity contribution is 0.198. The Morgan fingerprint density at radius 1 is 1.30 bits per heavy atom. The van der Waals surface area contributed by atoms with Gasteiger partial charge < -0.3 is 19.5 Å². The van der Waals surface area contributed by atoms with Crippen LogP contribution < -0.4 is 5.32 Å². The number of carbonyl (C=O) groups is 1. The number of para-hydroxylation sites is 2. The summed E-state index contributed by atoms with van der Waals surface area (Å²) in [6.07, 6.45) is 2.23. The number of ether oxygens (including phenoxy) is 1. The number of aromatic nitrogens is 4. The molecule has 0 unspecified atom stereocenters. The number of hydrogen-bond donors (Lipinski definition) is 1. The zero-order valence-corrected chi connectivity index (χ0v) is 15.5. The van der Waals surface area contributed by atoms with Crippen molar-refractivity contribution in [3.8, 4) is 0 Å². The first-order chi connectivity index (χ1) is 13.1. The number of carbonyl (C=O) groups excluding carboxylic acids is 1. The van der Waals surface area contributed by atoms with Gasteiger partial charge in [0, 0.05) is 20.6 Å². The van der Waals surface area contributed by atoms with Gasteiger partial charge >= 0.3 is 6.03 Å². The van der Waals surface area contributed by atoms with Crippen LogP contribution in [0.1, 0.15) is 30.4 Å². The van der Waals surface area contributed by atoms with Crippen LogP contribution in [0.25, 0.3) is 11.0 Å². The van der Waals surface area contributed by atoms with E-state index in [0.717, 1.165) is 11.0 Å². The van der Waals surface area contributed by atoms with Gasteiger partial charge in [-0.15, -0.1) is 0 Å². The number of rotatable bonds is 7. The van der Waals surface area contributed by atoms with E-state index in [0.29, 0.717) is 37.0 Å². The molecule has 9 heteroatoms. The standard InChI is InChI=1S/C18H22N6O3/c1-12(17-22-16(23-27-17)8-9-26-3)20-18(25)24(2)11-13-10-19-14-6-4-5-7-15(14)21-13/h4-7,10,12H,8-9,11H2,1-3H3,(H,20,25)/t12-/m0/s1. The molecule has 2 aromatic heterocycles. The Morgan fingerprint density at radius 2 is 2.07 bits per heavy atom. The fraction of sp³-hybridized carbons (Fsp3) is 0.389. The highest BCUT2D eigenvalue weighted by Crippen LogP contribution is 2.12. The van der Waals surface area contributed by atoms with E-state index in [4.69, 9.17) is 9.26 Å². The molecule has 3 rings (SSSR count). The molecule has 0 aliphatic heterocycles. The normalized spacial score (nSPS) is 12.1. The minimum absolute atomic E-state index is 0.269. The van der Waals surface area contributed by atoms with Gasteiger partial charge in [-0.25, -0.2) is 9.78 Å². The third-order valence-electron chi connectivity index (χ3n) is 3.97. The zero-order chi connectivity index (χ0) is 19.2. The first kappa shape index (κ1) is 18.7. The van der Waals surface area contributed by atoms with Crippen molar-refractivity contribution < 1.29 is 14.1 Å². The summed E-state index contributed by atoms with van der Waals surface area (Å²) in [6, 6.07) is 6.93. The van der Waals surface area contributed by atoms with E-state index in [1.165, 1.54) is 4.90 Å². The highest BCUT2D eigenvalue weighted by atomic mass is 16.5. The van der Waals surface area contributed by atoms with E-state index in [-0.39, 0.29) is 6.03 Å². The van der Waals surface area contributed by atoms with Gasteiger partial charge in [0.25, 0.3) is 0 Å². The smallest absolute Gasteiger partial charge is 0.318 e. The van der Waals surface area contributed by atoms with E-state index >= 15 is 0 Å². The monoisotopic (exact) mass is 370 g/mol. The van der Waals surface area contributed by atoms with Crippen LogP contribution in [0.3, 0.4) is 0 Å². The summed E-state index contributed by atoms with van der Waals surface area (Å²) < 4.78 is 10.2. The third-order valence-corrected chi connectivity index (χ3v) is 3.97. The van der Waals surface area contributed by atoms with E-state index in [2.05, 4.69) is 25.4 Å². The van der Waals surface area contributed by atoms with Crippen molar-refractivity contribution in [1.82, 2.24) is 30.3 Å². The van der Waals surface area contributed by atoms with Gasteiger partial charge in [-0.1, -0.05) is 17.3 Å². The highest BCUT2D eigenvalue weighted by Gasteiger charge is 2.19. The zero-order valence-electron chi connectivity index (χ0n) is 15.5. The lowest BCUT2D eigenvalue weighted by Gasteiger charge is -2.19. The fourth-order valence-corrected chi connectivity index (χ4v) is 2.48. The number of hydrogen-bond acceptors (Lipinski definition) is 7. The Labute approximate surface area is 156 Å². The molecule has 0 saturated carbocycles. The second-order valence-corrected chi connectivity index (χ2v) is 6.17. The lowest BCUT2D eigenvalue weighted by atomic mass is 10.3. The van der Waals surface area contributed by atoms with Crippen molar-refractivity contribution in [1.29, 1.82) is 0 Å². The third kappa shape index (κ3) is 4.76. The Hall–Kier alpha value is -3.07. The lowest BCUT2D eigenvalue weighted by Crippen LogP contribution is -2.38. The summed E-state index contributed by atoms with van der Waals surface area (Å²) in [5, 5.41) is 6.71. The number of amides is 2. The van der Waals surface area contributed by atoms with Crippen molar-refractivity contribution in [2.24, 2.45) is 0 Å². The Kier molecular flexibility index (Phi) is 5.92. The maximum atomic E-state index is 12.4. The maximum absolute atomic E-state index is 12.4. The maximum Gasteiger partial charge on any atom is 0.318 e. The van der Waals surface area contributed by atoms with Crippen LogP contribution in [0.2, 0.25) is 0 Å². The molecule has 1 atom stereocenters. The van der Waals surface area contributed by atoms with Crippen molar-refractivity contribution in [2.75, 3.05) is 20.8 Å². The van der Waals surface area contributed by atoms with Gasteiger partial charge in [0.2, 0.25) is 5.89 Å². The number of nitrogens with one attached hydrogen (secondary N) is 1. The average molecular weight is 370 g/mol. The minimum Gasteiger partial charge on any atom is -0.384 e. The van der Waals surface area contributed by atoms with Gasteiger partial charge in [-0.2, -0.15) is 4.98 Å². The van der Waals surface area contributed by atoms with Crippen molar-refractivity contribution in [3.05, 3.63) is 47.9 Å². The molecule has 0 bridgehead atoms. The summed E-state index contributed by atoms with van der Waals surface area (Å²) in [5.41, 5.74) is 2.33. The second kappa shape index (κ2) is 8.54. The SMILES string of the molecule is COCCc1noc([C@H](C)NC(=O)N(C)Cc2cnc3ccccc3n2)n1. The van der Waals surface area contributed by atoms with Crippen LogP contribution in [0.5, 0.6) is 0 Å². The number of methoxy groups -OCH3 is 1. The Bertz CT molecular complexity index is 913. The summed E-state index contributed by atoms with van der Waals surface area (Å²) >= 11 is 0. The molecule has 3 aromatic rings. The molecular weight excluding hydrogens is 348 g/mol. The number of nitrogens with zero attached hydrogens (tertiary/aromatic N) is 5. The number of fused-ring (bicyclic) bond motifs is 1. The summed E-state index contributed by atoms with van der Waals surface area (Å²) in [4.78, 5) is 27.1. The van der Waals surface area contributed by atoms with Crippen LogP contribution in [0.15, 0.2) is 35.0 Å². The first-order valence-electron chi connectivity index (χ1n) is 8.60. The first-order valence-corrected chi connectivity index (χ1v) is 8.60. The van der Waals surface area contributed by atoms with E-state index in [1.807, 2.05) is 24.3 Å². The molecule has 0 radical (unpaired) electrons. The van der Waals surface area contributed by atoms with E-state index in [1.54, 1.807) is 27.3 Å². The molecule has 0 saturated heterocycles. The summed E-state index contributed by atoms with van der Waals surface area (Å²) in [7, 11) is 3.30. The van der Waals surface area contributed by atoms with Crippen LogP contribution in [-0.4, -0.2) is 51.8 Å². The largest absolute Gasteiger partial charge is 0.384 e. The molecule has 142 valence electrons. The summed E-state index contributed by atoms with van der Waals surface area (Å²) in [6.45, 7) is 2.63. The minimum atomic E-state index is -0.411. The van der Waals surface area contributed by atoms with Crippen LogP contribution in [0, 0.1) is 0 Å². The van der Waals surface area contributed by atoms with E-state index in [9.17, 15) is 4.79 Å². The van der Waals surface area contributed by atoms with Crippen LogP contribution in [0.4, 0.5) is 4.79 Å². The molecule has 0 aliphatic carbocycles. The fourth-order valence-electron chi connectivity index (χ4n) is 2.48. The van der Waals surface area contributed by atoms with Gasteiger partial charge in [-0.05, 0) is 19.1 Å². The van der Waals surface area contributed by atoms with Gasteiger partial charge in [0.15, 0.2) is 5.82 Å². The van der Waals surface area contributed by atoms with Crippen molar-refractivity contribution in [3.63, 3.8) is 0 Å². The molecule has 0 fully saturated rings. The molecule has 9 nitrogen and oxygen atoms in total. The number of urea groups is 1. The summed E-state index contributed by atoms with van der Waals surface area (Å²) in [5.74, 6) is 0.904. The van der Waals surface area contributed by atoms with Gasteiger partial charge in [0.1, 0.15) is 6.04 Å². The van der Waals surface area contributed by atoms with Crippen molar-refractivity contribution in [2.45, 2.75) is 25.9 Å². The predicted molar refractivity (Wildman–Crippen MR) is 97.8 cm³/mol.